The molecule has 10 nitrogen and oxygen atoms in total. The molecule has 0 saturated carbocycles. The van der Waals surface area contributed by atoms with Crippen molar-refractivity contribution in [1.29, 1.82) is 0 Å². The number of hydrogen-bond acceptors (Lipinski definition) is 7. The first-order valence-corrected chi connectivity index (χ1v) is 12.2. The van der Waals surface area contributed by atoms with Crippen LogP contribution in [0.3, 0.4) is 0 Å². The van der Waals surface area contributed by atoms with E-state index >= 15 is 0 Å². The highest BCUT2D eigenvalue weighted by Crippen LogP contribution is 2.33. The van der Waals surface area contributed by atoms with Crippen molar-refractivity contribution >= 4 is 23.2 Å². The quantitative estimate of drug-likeness (QED) is 0.229. The summed E-state index contributed by atoms with van der Waals surface area (Å²) in [7, 11) is 0. The molecule has 2 aromatic heterocycles. The number of Topliss-reactive ketones (excluding diaryl/α,β-unsaturated/α-hetero) is 1. The second-order valence-electron chi connectivity index (χ2n) is 9.32. The number of amides is 2. The van der Waals surface area contributed by atoms with E-state index in [1.165, 1.54) is 35.8 Å². The maximum Gasteiger partial charge on any atom is 0.573 e. The fraction of sp³-hybridized carbons (Fsp3) is 0.222. The standard InChI is InChI=1S/C27H21F4N5O5/c1-13(37)15-3-4-17-16(9-15)10-21(38)24(17)35-26(40)20-11-19(34-23-6-7-33-36(20)23)25(39)32-12-14-2-5-18(28)22(8-14)41-27(29,30)31/h2-9,11,21,24,38H,10,12H2,1H3,(H,32,39)(H,35,40)/t21-,24+/m0/s1. The van der Waals surface area contributed by atoms with Crippen LogP contribution in [-0.4, -0.2) is 49.8 Å². The van der Waals surface area contributed by atoms with Gasteiger partial charge in [-0.2, -0.15) is 5.10 Å². The molecule has 2 amide bonds. The number of carbonyl (C=O) groups is 3. The summed E-state index contributed by atoms with van der Waals surface area (Å²) in [6.45, 7) is 1.13. The fourth-order valence-corrected chi connectivity index (χ4v) is 4.57. The minimum atomic E-state index is -5.10. The lowest BCUT2D eigenvalue weighted by atomic mass is 10.0. The van der Waals surface area contributed by atoms with Crippen molar-refractivity contribution in [3.05, 3.63) is 94.2 Å². The Balaban J connectivity index is 1.35. The Bertz CT molecular complexity index is 1690. The molecular formula is C27H21F4N5O5. The van der Waals surface area contributed by atoms with Gasteiger partial charge in [0.2, 0.25) is 0 Å². The van der Waals surface area contributed by atoms with Crippen molar-refractivity contribution in [2.45, 2.75) is 38.4 Å². The van der Waals surface area contributed by atoms with Gasteiger partial charge >= 0.3 is 6.36 Å². The van der Waals surface area contributed by atoms with Crippen molar-refractivity contribution in [3.8, 4) is 5.75 Å². The van der Waals surface area contributed by atoms with Gasteiger partial charge in [-0.25, -0.2) is 13.9 Å². The highest BCUT2D eigenvalue weighted by atomic mass is 19.4. The zero-order valence-electron chi connectivity index (χ0n) is 21.2. The molecular weight excluding hydrogens is 550 g/mol. The Morgan fingerprint density at radius 3 is 2.61 bits per heavy atom. The van der Waals surface area contributed by atoms with Crippen LogP contribution in [0.5, 0.6) is 5.75 Å². The Hall–Kier alpha value is -4.85. The van der Waals surface area contributed by atoms with Gasteiger partial charge in [0.25, 0.3) is 11.8 Å². The number of aromatic nitrogens is 3. The van der Waals surface area contributed by atoms with Crippen molar-refractivity contribution < 1.29 is 41.8 Å². The number of ketones is 1. The largest absolute Gasteiger partial charge is 0.573 e. The number of aliphatic hydroxyl groups excluding tert-OH is 1. The maximum atomic E-state index is 13.7. The van der Waals surface area contributed by atoms with Gasteiger partial charge in [-0.1, -0.05) is 18.2 Å². The highest BCUT2D eigenvalue weighted by molar-refractivity contribution is 5.98. The van der Waals surface area contributed by atoms with Crippen molar-refractivity contribution in [1.82, 2.24) is 25.2 Å². The third-order valence-corrected chi connectivity index (χ3v) is 6.48. The Morgan fingerprint density at radius 2 is 1.88 bits per heavy atom. The molecule has 212 valence electrons. The number of carbonyl (C=O) groups excluding carboxylic acids is 3. The lowest BCUT2D eigenvalue weighted by Gasteiger charge is -2.18. The number of halogens is 4. The maximum absolute atomic E-state index is 13.7. The number of ether oxygens (including phenoxy) is 1. The molecule has 5 rings (SSSR count). The molecule has 4 aromatic rings. The van der Waals surface area contributed by atoms with Crippen LogP contribution < -0.4 is 15.4 Å². The van der Waals surface area contributed by atoms with Crippen LogP contribution in [0.15, 0.2) is 54.7 Å². The summed E-state index contributed by atoms with van der Waals surface area (Å²) in [6, 6.07) is 9.55. The topological polar surface area (TPSA) is 135 Å². The van der Waals surface area contributed by atoms with Gasteiger partial charge in [-0.15, -0.1) is 13.2 Å². The molecule has 0 bridgehead atoms. The summed E-state index contributed by atoms with van der Waals surface area (Å²) in [6.07, 6.45) is -4.47. The summed E-state index contributed by atoms with van der Waals surface area (Å²) >= 11 is 0. The monoisotopic (exact) mass is 571 g/mol. The smallest absolute Gasteiger partial charge is 0.403 e. The SMILES string of the molecule is CC(=O)c1ccc2c(c1)C[C@H](O)[C@@H]2NC(=O)c1cc(C(=O)NCc2ccc(F)c(OC(F)(F)F)c2)nc2ccnn12. The molecule has 0 fully saturated rings. The first kappa shape index (κ1) is 27.7. The van der Waals surface area contributed by atoms with E-state index in [9.17, 15) is 37.1 Å². The number of nitrogens with zero attached hydrogens (tertiary/aromatic N) is 3. The minimum Gasteiger partial charge on any atom is -0.403 e. The molecule has 1 aliphatic carbocycles. The summed E-state index contributed by atoms with van der Waals surface area (Å²) in [5.41, 5.74) is 1.85. The third-order valence-electron chi connectivity index (χ3n) is 6.48. The molecule has 41 heavy (non-hydrogen) atoms. The van der Waals surface area contributed by atoms with Gasteiger partial charge in [0.05, 0.1) is 18.3 Å². The molecule has 2 atom stereocenters. The zero-order chi connectivity index (χ0) is 29.5. The molecule has 0 unspecified atom stereocenters. The number of rotatable bonds is 7. The van der Waals surface area contributed by atoms with E-state index in [1.54, 1.807) is 18.2 Å². The van der Waals surface area contributed by atoms with Crippen LogP contribution >= 0.6 is 0 Å². The molecule has 0 aliphatic heterocycles. The van der Waals surface area contributed by atoms with Crippen LogP contribution in [0.4, 0.5) is 17.6 Å². The Morgan fingerprint density at radius 1 is 1.10 bits per heavy atom. The van der Waals surface area contributed by atoms with E-state index in [0.717, 1.165) is 17.7 Å². The summed E-state index contributed by atoms with van der Waals surface area (Å²) in [5, 5.41) is 19.9. The number of hydrogen-bond donors (Lipinski definition) is 3. The number of nitrogens with one attached hydrogen (secondary N) is 2. The molecule has 0 spiro atoms. The van der Waals surface area contributed by atoms with E-state index in [1.807, 2.05) is 0 Å². The lowest BCUT2D eigenvalue weighted by molar-refractivity contribution is -0.275. The summed E-state index contributed by atoms with van der Waals surface area (Å²) in [5.74, 6) is -3.85. The number of alkyl halides is 3. The van der Waals surface area contributed by atoms with E-state index in [0.29, 0.717) is 11.1 Å². The van der Waals surface area contributed by atoms with E-state index in [4.69, 9.17) is 0 Å². The highest BCUT2D eigenvalue weighted by Gasteiger charge is 2.34. The average molecular weight is 571 g/mol. The van der Waals surface area contributed by atoms with Gasteiger partial charge in [0, 0.05) is 30.7 Å². The molecule has 14 heteroatoms. The van der Waals surface area contributed by atoms with Gasteiger partial charge in [-0.3, -0.25) is 14.4 Å². The van der Waals surface area contributed by atoms with Crippen LogP contribution in [0.1, 0.15) is 61.0 Å². The summed E-state index contributed by atoms with van der Waals surface area (Å²) < 4.78 is 56.1. The second kappa shape index (κ2) is 10.6. The number of benzene rings is 2. The molecule has 0 saturated heterocycles. The zero-order valence-corrected chi connectivity index (χ0v) is 21.2. The molecule has 0 radical (unpaired) electrons. The third kappa shape index (κ3) is 5.87. The Kier molecular flexibility index (Phi) is 7.17. The minimum absolute atomic E-state index is 0.0752. The lowest BCUT2D eigenvalue weighted by Crippen LogP contribution is -2.35. The van der Waals surface area contributed by atoms with Gasteiger partial charge in [0.15, 0.2) is 23.0 Å². The summed E-state index contributed by atoms with van der Waals surface area (Å²) in [4.78, 5) is 42.1. The Labute approximate surface area is 229 Å². The first-order chi connectivity index (χ1) is 19.4. The van der Waals surface area contributed by atoms with Crippen molar-refractivity contribution in [3.63, 3.8) is 0 Å². The van der Waals surface area contributed by atoms with E-state index in [2.05, 4.69) is 25.5 Å². The van der Waals surface area contributed by atoms with Crippen LogP contribution in [0.25, 0.3) is 5.65 Å². The normalized spacial score (nSPS) is 16.3. The first-order valence-electron chi connectivity index (χ1n) is 12.2. The predicted molar refractivity (Wildman–Crippen MR) is 134 cm³/mol. The second-order valence-corrected chi connectivity index (χ2v) is 9.32. The van der Waals surface area contributed by atoms with Gasteiger partial charge in [0.1, 0.15) is 11.4 Å². The van der Waals surface area contributed by atoms with Crippen LogP contribution in [-0.2, 0) is 13.0 Å². The fourth-order valence-electron chi connectivity index (χ4n) is 4.57. The molecule has 2 heterocycles. The van der Waals surface area contributed by atoms with Crippen molar-refractivity contribution in [2.75, 3.05) is 0 Å². The van der Waals surface area contributed by atoms with Crippen LogP contribution in [0.2, 0.25) is 0 Å². The van der Waals surface area contributed by atoms with Gasteiger partial charge in [-0.05, 0) is 41.8 Å². The van der Waals surface area contributed by atoms with E-state index < -0.39 is 41.9 Å². The van der Waals surface area contributed by atoms with Crippen LogP contribution in [0, 0.1) is 5.82 Å². The predicted octanol–water partition coefficient (Wildman–Crippen LogP) is 3.29. The molecule has 3 N–H and O–H groups in total. The molecule has 2 aromatic carbocycles. The number of aliphatic hydroxyl groups is 1. The average Bonchev–Trinajstić information content (AvgIpc) is 3.51. The van der Waals surface area contributed by atoms with E-state index in [-0.39, 0.29) is 41.3 Å². The molecule has 1 aliphatic rings. The van der Waals surface area contributed by atoms with Gasteiger partial charge < -0.3 is 20.5 Å². The van der Waals surface area contributed by atoms with Crippen molar-refractivity contribution in [2.24, 2.45) is 0 Å². The number of fused-ring (bicyclic) bond motifs is 2.